The second kappa shape index (κ2) is 6.02. The second-order valence-electron chi connectivity index (χ2n) is 4.74. The number of hydrogen-bond donors (Lipinski definition) is 2. The Labute approximate surface area is 112 Å². The number of carbonyl (C=O) groups is 1. The maximum atomic E-state index is 14.0. The van der Waals surface area contributed by atoms with Crippen LogP contribution in [0.25, 0.3) is 0 Å². The van der Waals surface area contributed by atoms with E-state index in [4.69, 9.17) is 4.74 Å². The summed E-state index contributed by atoms with van der Waals surface area (Å²) >= 11 is 0. The molecule has 1 aliphatic heterocycles. The molecule has 1 aromatic rings. The van der Waals surface area contributed by atoms with Crippen molar-refractivity contribution in [3.05, 3.63) is 23.5 Å². The molecule has 1 heterocycles. The number of hydrogen-bond acceptors (Lipinski definition) is 3. The third-order valence-corrected chi connectivity index (χ3v) is 3.31. The molecule has 104 valence electrons. The first kappa shape index (κ1) is 13.8. The fourth-order valence-electron chi connectivity index (χ4n) is 2.19. The van der Waals surface area contributed by atoms with Crippen molar-refractivity contribution in [2.75, 3.05) is 24.4 Å². The number of carbonyl (C=O) groups excluding carboxylic acids is 1. The Morgan fingerprint density at radius 1 is 1.47 bits per heavy atom. The highest BCUT2D eigenvalue weighted by atomic mass is 19.1. The van der Waals surface area contributed by atoms with Crippen molar-refractivity contribution in [2.45, 2.75) is 32.2 Å². The maximum Gasteiger partial charge on any atom is 0.224 e. The van der Waals surface area contributed by atoms with E-state index in [0.717, 1.165) is 12.0 Å². The van der Waals surface area contributed by atoms with Crippen LogP contribution in [0.2, 0.25) is 0 Å². The molecule has 0 aromatic heterocycles. The molecule has 1 amide bonds. The number of rotatable bonds is 5. The average molecular weight is 266 g/mol. The number of methoxy groups -OCH3 is 1. The summed E-state index contributed by atoms with van der Waals surface area (Å²) < 4.78 is 19.1. The number of nitrogens with one attached hydrogen (secondary N) is 2. The molecule has 1 unspecified atom stereocenters. The Morgan fingerprint density at radius 3 is 2.95 bits per heavy atom. The number of benzene rings is 1. The maximum absolute atomic E-state index is 14.0. The van der Waals surface area contributed by atoms with E-state index >= 15 is 0 Å². The fraction of sp³-hybridized carbons (Fsp3) is 0.500. The van der Waals surface area contributed by atoms with E-state index in [0.29, 0.717) is 30.8 Å². The molecule has 5 heteroatoms. The molecule has 19 heavy (non-hydrogen) atoms. The van der Waals surface area contributed by atoms with Gasteiger partial charge in [-0.15, -0.1) is 0 Å². The standard InChI is InChI=1S/C14H19FN2O2/c1-3-10(8-19-2)16-13-7-12-9(6-11(13)15)4-5-14(18)17-12/h6-7,10,16H,3-5,8H2,1-2H3,(H,17,18). The normalized spacial score (nSPS) is 15.6. The molecule has 0 aliphatic carbocycles. The largest absolute Gasteiger partial charge is 0.383 e. The van der Waals surface area contributed by atoms with Gasteiger partial charge < -0.3 is 15.4 Å². The third kappa shape index (κ3) is 3.23. The summed E-state index contributed by atoms with van der Waals surface area (Å²) in [6.07, 6.45) is 1.84. The average Bonchev–Trinajstić information content (AvgIpc) is 2.39. The lowest BCUT2D eigenvalue weighted by Crippen LogP contribution is -2.25. The lowest BCUT2D eigenvalue weighted by atomic mass is 10.0. The molecule has 0 spiro atoms. The van der Waals surface area contributed by atoms with E-state index in [2.05, 4.69) is 10.6 Å². The van der Waals surface area contributed by atoms with Gasteiger partial charge in [0.2, 0.25) is 5.91 Å². The Morgan fingerprint density at radius 2 is 2.26 bits per heavy atom. The Bertz CT molecular complexity index is 477. The van der Waals surface area contributed by atoms with Gasteiger partial charge in [0.05, 0.1) is 12.3 Å². The molecule has 4 nitrogen and oxygen atoms in total. The first-order chi connectivity index (χ1) is 9.13. The van der Waals surface area contributed by atoms with Crippen molar-refractivity contribution in [3.8, 4) is 0 Å². The van der Waals surface area contributed by atoms with Crippen molar-refractivity contribution in [3.63, 3.8) is 0 Å². The van der Waals surface area contributed by atoms with Crippen molar-refractivity contribution < 1.29 is 13.9 Å². The van der Waals surface area contributed by atoms with E-state index in [1.807, 2.05) is 6.92 Å². The number of fused-ring (bicyclic) bond motifs is 1. The molecule has 0 saturated heterocycles. The van der Waals surface area contributed by atoms with Gasteiger partial charge in [-0.25, -0.2) is 4.39 Å². The van der Waals surface area contributed by atoms with Gasteiger partial charge in [-0.1, -0.05) is 6.92 Å². The van der Waals surface area contributed by atoms with Crippen LogP contribution < -0.4 is 10.6 Å². The molecule has 1 atom stereocenters. The van der Waals surface area contributed by atoms with Crippen LogP contribution in [-0.4, -0.2) is 25.7 Å². The minimum atomic E-state index is -0.288. The van der Waals surface area contributed by atoms with Gasteiger partial charge in [-0.05, 0) is 30.5 Å². The highest BCUT2D eigenvalue weighted by molar-refractivity contribution is 5.94. The van der Waals surface area contributed by atoms with Crippen molar-refractivity contribution in [1.29, 1.82) is 0 Å². The summed E-state index contributed by atoms with van der Waals surface area (Å²) in [6.45, 7) is 2.52. The predicted molar refractivity (Wildman–Crippen MR) is 72.9 cm³/mol. The first-order valence-electron chi connectivity index (χ1n) is 6.51. The van der Waals surface area contributed by atoms with Gasteiger partial charge >= 0.3 is 0 Å². The van der Waals surface area contributed by atoms with E-state index in [-0.39, 0.29) is 17.8 Å². The first-order valence-corrected chi connectivity index (χ1v) is 6.51. The van der Waals surface area contributed by atoms with E-state index in [1.54, 1.807) is 13.2 Å². The van der Waals surface area contributed by atoms with E-state index in [9.17, 15) is 9.18 Å². The number of amides is 1. The van der Waals surface area contributed by atoms with E-state index < -0.39 is 0 Å². The van der Waals surface area contributed by atoms with Gasteiger partial charge in [0.25, 0.3) is 0 Å². The van der Waals surface area contributed by atoms with Gasteiger partial charge in [0.15, 0.2) is 0 Å². The van der Waals surface area contributed by atoms with Crippen molar-refractivity contribution in [1.82, 2.24) is 0 Å². The third-order valence-electron chi connectivity index (χ3n) is 3.31. The zero-order valence-corrected chi connectivity index (χ0v) is 11.3. The summed E-state index contributed by atoms with van der Waals surface area (Å²) in [5.74, 6) is -0.307. The molecular formula is C14H19FN2O2. The van der Waals surface area contributed by atoms with Crippen LogP contribution >= 0.6 is 0 Å². The Kier molecular flexibility index (Phi) is 4.37. The van der Waals surface area contributed by atoms with Crippen LogP contribution in [0.15, 0.2) is 12.1 Å². The second-order valence-corrected chi connectivity index (χ2v) is 4.74. The number of ether oxygens (including phenoxy) is 1. The van der Waals surface area contributed by atoms with Gasteiger partial charge in [-0.2, -0.15) is 0 Å². The van der Waals surface area contributed by atoms with Crippen LogP contribution in [0.1, 0.15) is 25.3 Å². The van der Waals surface area contributed by atoms with Crippen LogP contribution in [0, 0.1) is 5.82 Å². The molecule has 2 N–H and O–H groups in total. The lowest BCUT2D eigenvalue weighted by Gasteiger charge is -2.22. The highest BCUT2D eigenvalue weighted by Gasteiger charge is 2.18. The van der Waals surface area contributed by atoms with Crippen LogP contribution in [0.4, 0.5) is 15.8 Å². The minimum Gasteiger partial charge on any atom is -0.383 e. The fourth-order valence-corrected chi connectivity index (χ4v) is 2.19. The number of aryl methyl sites for hydroxylation is 1. The van der Waals surface area contributed by atoms with Crippen LogP contribution in [-0.2, 0) is 16.0 Å². The molecule has 0 saturated carbocycles. The SMILES string of the molecule is CCC(COC)Nc1cc2c(cc1F)CCC(=O)N2. The van der Waals surface area contributed by atoms with Crippen LogP contribution in [0.5, 0.6) is 0 Å². The molecule has 0 bridgehead atoms. The summed E-state index contributed by atoms with van der Waals surface area (Å²) in [5.41, 5.74) is 1.96. The molecule has 1 aromatic carbocycles. The monoisotopic (exact) mass is 266 g/mol. The van der Waals surface area contributed by atoms with Gasteiger partial charge in [-0.3, -0.25) is 4.79 Å². The molecule has 0 radical (unpaired) electrons. The minimum absolute atomic E-state index is 0.0195. The van der Waals surface area contributed by atoms with Crippen LogP contribution in [0.3, 0.4) is 0 Å². The summed E-state index contributed by atoms with van der Waals surface area (Å²) in [7, 11) is 1.62. The lowest BCUT2D eigenvalue weighted by molar-refractivity contribution is -0.116. The molecule has 1 aliphatic rings. The number of anilines is 2. The van der Waals surface area contributed by atoms with Crippen molar-refractivity contribution >= 4 is 17.3 Å². The zero-order chi connectivity index (χ0) is 13.8. The topological polar surface area (TPSA) is 50.4 Å². The van der Waals surface area contributed by atoms with Gasteiger partial charge in [0.1, 0.15) is 5.82 Å². The predicted octanol–water partition coefficient (Wildman–Crippen LogP) is 2.55. The van der Waals surface area contributed by atoms with Gasteiger partial charge in [0, 0.05) is 25.3 Å². The quantitative estimate of drug-likeness (QED) is 0.861. The Balaban J connectivity index is 2.21. The molecule has 2 rings (SSSR count). The Hall–Kier alpha value is -1.62. The zero-order valence-electron chi connectivity index (χ0n) is 11.3. The molecule has 0 fully saturated rings. The summed E-state index contributed by atoms with van der Waals surface area (Å²) in [6, 6.07) is 3.22. The summed E-state index contributed by atoms with van der Waals surface area (Å²) in [4.78, 5) is 11.4. The molecular weight excluding hydrogens is 247 g/mol. The smallest absolute Gasteiger partial charge is 0.224 e. The summed E-state index contributed by atoms with van der Waals surface area (Å²) in [5, 5.41) is 5.89. The number of halogens is 1. The van der Waals surface area contributed by atoms with E-state index in [1.165, 1.54) is 6.07 Å². The van der Waals surface area contributed by atoms with Crippen molar-refractivity contribution in [2.24, 2.45) is 0 Å². The highest BCUT2D eigenvalue weighted by Crippen LogP contribution is 2.29.